The van der Waals surface area contributed by atoms with Gasteiger partial charge in [-0.05, 0) is 18.8 Å². The Kier molecular flexibility index (Phi) is 2.69. The van der Waals surface area contributed by atoms with Crippen molar-refractivity contribution in [1.82, 2.24) is 5.32 Å². The molecule has 0 radical (unpaired) electrons. The predicted molar refractivity (Wildman–Crippen MR) is 45.2 cm³/mol. The fourth-order valence-electron chi connectivity index (χ4n) is 1.44. The topological polar surface area (TPSA) is 29.1 Å². The van der Waals surface area contributed by atoms with E-state index >= 15 is 0 Å². The summed E-state index contributed by atoms with van der Waals surface area (Å²) in [5.74, 6) is 0.991. The first kappa shape index (κ1) is 8.31. The number of Topliss-reactive ketones (excluding diaryl/α,β-unsaturated/α-hetero) is 1. The molecule has 2 heteroatoms. The summed E-state index contributed by atoms with van der Waals surface area (Å²) in [6.07, 6.45) is 4.56. The lowest BCUT2D eigenvalue weighted by atomic mass is 9.86. The van der Waals surface area contributed by atoms with Gasteiger partial charge in [-0.25, -0.2) is 0 Å². The zero-order chi connectivity index (χ0) is 8.27. The van der Waals surface area contributed by atoms with Gasteiger partial charge in [-0.1, -0.05) is 6.92 Å². The predicted octanol–water partition coefficient (Wildman–Crippen LogP) is 1.48. The standard InChI is InChI=1S/C9H15NO/c1-7-3-4-9(11)8(5-7)6-10-2/h6-7,10H,3-5H2,1-2H3/b8-6-. The fourth-order valence-corrected chi connectivity index (χ4v) is 1.44. The Morgan fingerprint density at radius 3 is 3.00 bits per heavy atom. The molecule has 1 rings (SSSR count). The zero-order valence-corrected chi connectivity index (χ0v) is 7.18. The second-order valence-electron chi connectivity index (χ2n) is 3.23. The monoisotopic (exact) mass is 153 g/mol. The number of hydrogen-bond acceptors (Lipinski definition) is 2. The molecule has 0 saturated heterocycles. The summed E-state index contributed by atoms with van der Waals surface area (Å²) in [5.41, 5.74) is 0.964. The van der Waals surface area contributed by atoms with E-state index < -0.39 is 0 Å². The summed E-state index contributed by atoms with van der Waals surface area (Å²) in [6, 6.07) is 0. The Labute approximate surface area is 67.7 Å². The Morgan fingerprint density at radius 1 is 1.64 bits per heavy atom. The number of carbonyl (C=O) groups excluding carboxylic acids is 1. The van der Waals surface area contributed by atoms with Crippen LogP contribution in [0.2, 0.25) is 0 Å². The fraction of sp³-hybridized carbons (Fsp3) is 0.667. The van der Waals surface area contributed by atoms with Gasteiger partial charge in [0.25, 0.3) is 0 Å². The van der Waals surface area contributed by atoms with Crippen LogP contribution in [0.1, 0.15) is 26.2 Å². The van der Waals surface area contributed by atoms with Gasteiger partial charge in [0, 0.05) is 25.2 Å². The molecular formula is C9H15NO. The molecule has 0 aromatic heterocycles. The van der Waals surface area contributed by atoms with Crippen molar-refractivity contribution in [1.29, 1.82) is 0 Å². The second-order valence-corrected chi connectivity index (χ2v) is 3.23. The molecule has 0 heterocycles. The van der Waals surface area contributed by atoms with Crippen LogP contribution in [-0.4, -0.2) is 12.8 Å². The minimum atomic E-state index is 0.317. The highest BCUT2D eigenvalue weighted by Gasteiger charge is 2.19. The van der Waals surface area contributed by atoms with Crippen LogP contribution in [-0.2, 0) is 4.79 Å². The lowest BCUT2D eigenvalue weighted by Crippen LogP contribution is -2.16. The highest BCUT2D eigenvalue weighted by atomic mass is 16.1. The lowest BCUT2D eigenvalue weighted by molar-refractivity contribution is -0.116. The van der Waals surface area contributed by atoms with Crippen LogP contribution in [0.15, 0.2) is 11.8 Å². The molecule has 0 amide bonds. The van der Waals surface area contributed by atoms with E-state index in [1.165, 1.54) is 0 Å². The summed E-state index contributed by atoms with van der Waals surface area (Å²) in [5, 5.41) is 2.91. The molecule has 0 bridgehead atoms. The van der Waals surface area contributed by atoms with Crippen LogP contribution in [0.3, 0.4) is 0 Å². The normalized spacial score (nSPS) is 29.1. The van der Waals surface area contributed by atoms with Gasteiger partial charge in [-0.15, -0.1) is 0 Å². The molecule has 11 heavy (non-hydrogen) atoms. The quantitative estimate of drug-likeness (QED) is 0.578. The molecule has 0 aromatic rings. The van der Waals surface area contributed by atoms with Crippen LogP contribution in [0.4, 0.5) is 0 Å². The molecule has 1 unspecified atom stereocenters. The summed E-state index contributed by atoms with van der Waals surface area (Å²) in [4.78, 5) is 11.2. The van der Waals surface area contributed by atoms with Crippen LogP contribution < -0.4 is 5.32 Å². The van der Waals surface area contributed by atoms with Crippen molar-refractivity contribution in [3.8, 4) is 0 Å². The minimum Gasteiger partial charge on any atom is -0.394 e. The van der Waals surface area contributed by atoms with Gasteiger partial charge in [-0.3, -0.25) is 4.79 Å². The van der Waals surface area contributed by atoms with Crippen LogP contribution in [0, 0.1) is 5.92 Å². The SMILES string of the molecule is CN/C=C1/CC(C)CCC1=O. The van der Waals surface area contributed by atoms with Gasteiger partial charge in [0.1, 0.15) is 0 Å². The van der Waals surface area contributed by atoms with Gasteiger partial charge in [0.15, 0.2) is 5.78 Å². The maximum Gasteiger partial charge on any atom is 0.160 e. The second kappa shape index (κ2) is 3.56. The van der Waals surface area contributed by atoms with Gasteiger partial charge in [0.05, 0.1) is 0 Å². The van der Waals surface area contributed by atoms with Crippen molar-refractivity contribution in [3.05, 3.63) is 11.8 Å². The number of carbonyl (C=O) groups is 1. The van der Waals surface area contributed by atoms with Crippen molar-refractivity contribution in [2.24, 2.45) is 5.92 Å². The van der Waals surface area contributed by atoms with Gasteiger partial charge in [0.2, 0.25) is 0 Å². The maximum absolute atomic E-state index is 11.2. The average Bonchev–Trinajstić information content (AvgIpc) is 1.98. The molecular weight excluding hydrogens is 138 g/mol. The van der Waals surface area contributed by atoms with Crippen molar-refractivity contribution in [2.75, 3.05) is 7.05 Å². The Hall–Kier alpha value is -0.790. The number of nitrogens with one attached hydrogen (secondary N) is 1. The van der Waals surface area contributed by atoms with E-state index in [0.29, 0.717) is 11.7 Å². The van der Waals surface area contributed by atoms with Crippen molar-refractivity contribution >= 4 is 5.78 Å². The molecule has 1 aliphatic carbocycles. The number of hydrogen-bond donors (Lipinski definition) is 1. The molecule has 2 nitrogen and oxygen atoms in total. The summed E-state index contributed by atoms with van der Waals surface area (Å²) in [6.45, 7) is 2.19. The first-order chi connectivity index (χ1) is 5.24. The summed E-state index contributed by atoms with van der Waals surface area (Å²) >= 11 is 0. The highest BCUT2D eigenvalue weighted by Crippen LogP contribution is 2.24. The smallest absolute Gasteiger partial charge is 0.160 e. The molecule has 0 aromatic carbocycles. The molecule has 0 aliphatic heterocycles. The Balaban J connectivity index is 2.61. The van der Waals surface area contributed by atoms with Crippen molar-refractivity contribution in [2.45, 2.75) is 26.2 Å². The maximum atomic E-state index is 11.2. The molecule has 1 fully saturated rings. The largest absolute Gasteiger partial charge is 0.394 e. The highest BCUT2D eigenvalue weighted by molar-refractivity contribution is 5.95. The van der Waals surface area contributed by atoms with E-state index in [9.17, 15) is 4.79 Å². The van der Waals surface area contributed by atoms with Gasteiger partial charge < -0.3 is 5.32 Å². The van der Waals surface area contributed by atoms with E-state index in [4.69, 9.17) is 0 Å². The molecule has 1 aliphatic rings. The number of rotatable bonds is 1. The average molecular weight is 153 g/mol. The Morgan fingerprint density at radius 2 is 2.36 bits per heavy atom. The summed E-state index contributed by atoms with van der Waals surface area (Å²) < 4.78 is 0. The zero-order valence-electron chi connectivity index (χ0n) is 7.18. The molecule has 1 N–H and O–H groups in total. The first-order valence-corrected chi connectivity index (χ1v) is 4.13. The molecule has 1 atom stereocenters. The molecule has 0 spiro atoms. The summed E-state index contributed by atoms with van der Waals surface area (Å²) in [7, 11) is 1.83. The third-order valence-corrected chi connectivity index (χ3v) is 2.11. The first-order valence-electron chi connectivity index (χ1n) is 4.13. The van der Waals surface area contributed by atoms with E-state index in [1.54, 1.807) is 0 Å². The van der Waals surface area contributed by atoms with E-state index in [2.05, 4.69) is 12.2 Å². The van der Waals surface area contributed by atoms with E-state index in [-0.39, 0.29) is 0 Å². The lowest BCUT2D eigenvalue weighted by Gasteiger charge is -2.18. The number of allylic oxidation sites excluding steroid dienone is 1. The Bertz CT molecular complexity index is 184. The third kappa shape index (κ3) is 2.07. The van der Waals surface area contributed by atoms with Crippen LogP contribution >= 0.6 is 0 Å². The number of ketones is 1. The minimum absolute atomic E-state index is 0.317. The molecule has 62 valence electrons. The van der Waals surface area contributed by atoms with Gasteiger partial charge in [-0.2, -0.15) is 0 Å². The van der Waals surface area contributed by atoms with Crippen LogP contribution in [0.5, 0.6) is 0 Å². The van der Waals surface area contributed by atoms with Crippen molar-refractivity contribution in [3.63, 3.8) is 0 Å². The third-order valence-electron chi connectivity index (χ3n) is 2.11. The van der Waals surface area contributed by atoms with E-state index in [1.807, 2.05) is 13.2 Å². The van der Waals surface area contributed by atoms with Crippen LogP contribution in [0.25, 0.3) is 0 Å². The molecule has 1 saturated carbocycles. The van der Waals surface area contributed by atoms with Gasteiger partial charge >= 0.3 is 0 Å². The van der Waals surface area contributed by atoms with Crippen molar-refractivity contribution < 1.29 is 4.79 Å². The van der Waals surface area contributed by atoms with E-state index in [0.717, 1.165) is 24.8 Å².